The van der Waals surface area contributed by atoms with E-state index in [0.29, 0.717) is 19.5 Å². The van der Waals surface area contributed by atoms with Gasteiger partial charge in [0.1, 0.15) is 5.56 Å². The van der Waals surface area contributed by atoms with Crippen LogP contribution in [0.3, 0.4) is 0 Å². The number of H-pyrrole nitrogens is 1. The Kier molecular flexibility index (Phi) is 4.77. The van der Waals surface area contributed by atoms with Gasteiger partial charge in [-0.2, -0.15) is 0 Å². The van der Waals surface area contributed by atoms with Crippen molar-refractivity contribution in [3.8, 4) is 0 Å². The summed E-state index contributed by atoms with van der Waals surface area (Å²) in [6.45, 7) is 5.62. The normalized spacial score (nSPS) is 16.1. The van der Waals surface area contributed by atoms with E-state index in [1.165, 1.54) is 6.07 Å². The molecule has 1 aromatic rings. The van der Waals surface area contributed by atoms with Crippen molar-refractivity contribution in [2.24, 2.45) is 5.92 Å². The van der Waals surface area contributed by atoms with E-state index in [9.17, 15) is 14.4 Å². The van der Waals surface area contributed by atoms with Gasteiger partial charge >= 0.3 is 0 Å². The van der Waals surface area contributed by atoms with Crippen molar-refractivity contribution in [3.05, 3.63) is 33.7 Å². The minimum Gasteiger partial charge on any atom is -0.352 e. The second kappa shape index (κ2) is 6.56. The van der Waals surface area contributed by atoms with Crippen LogP contribution in [0.5, 0.6) is 0 Å². The third-order valence-electron chi connectivity index (χ3n) is 3.61. The third kappa shape index (κ3) is 3.93. The average Bonchev–Trinajstić information content (AvgIpc) is 2.81. The van der Waals surface area contributed by atoms with E-state index in [1.807, 2.05) is 11.8 Å². The summed E-state index contributed by atoms with van der Waals surface area (Å²) in [7, 11) is 0. The van der Waals surface area contributed by atoms with Gasteiger partial charge in [-0.1, -0.05) is 6.92 Å². The predicted molar refractivity (Wildman–Crippen MR) is 79.1 cm³/mol. The molecule has 0 aliphatic carbocycles. The van der Waals surface area contributed by atoms with Gasteiger partial charge in [0.2, 0.25) is 5.91 Å². The maximum absolute atomic E-state index is 12.0. The Balaban J connectivity index is 1.85. The minimum atomic E-state index is -0.380. The smallest absolute Gasteiger partial charge is 0.260 e. The molecule has 0 bridgehead atoms. The van der Waals surface area contributed by atoms with Crippen LogP contribution in [0.25, 0.3) is 0 Å². The lowest BCUT2D eigenvalue weighted by Crippen LogP contribution is -2.37. The molecule has 2 heterocycles. The summed E-state index contributed by atoms with van der Waals surface area (Å²) in [4.78, 5) is 39.6. The van der Waals surface area contributed by atoms with Crippen LogP contribution < -0.4 is 10.9 Å². The van der Waals surface area contributed by atoms with Crippen molar-refractivity contribution < 1.29 is 9.59 Å². The van der Waals surface area contributed by atoms with Crippen LogP contribution in [0.1, 0.15) is 35.8 Å². The SMILES string of the molecule is Cc1ccc(C(=O)NCC(C)CN2CCCC2=O)c(=O)[nH]1. The van der Waals surface area contributed by atoms with Crippen LogP contribution in [0.4, 0.5) is 0 Å². The Hall–Kier alpha value is -2.11. The van der Waals surface area contributed by atoms with Gasteiger partial charge in [-0.25, -0.2) is 0 Å². The van der Waals surface area contributed by atoms with E-state index >= 15 is 0 Å². The number of hydrogen-bond acceptors (Lipinski definition) is 3. The number of aryl methyl sites for hydroxylation is 1. The first-order chi connectivity index (χ1) is 9.97. The predicted octanol–water partition coefficient (Wildman–Crippen LogP) is 0.672. The molecule has 1 aliphatic rings. The lowest BCUT2D eigenvalue weighted by Gasteiger charge is -2.20. The molecule has 0 spiro atoms. The number of carbonyl (C=O) groups is 2. The maximum atomic E-state index is 12.0. The van der Waals surface area contributed by atoms with E-state index in [-0.39, 0.29) is 28.9 Å². The zero-order chi connectivity index (χ0) is 15.4. The summed E-state index contributed by atoms with van der Waals surface area (Å²) in [5.41, 5.74) is 0.456. The molecule has 1 atom stereocenters. The Morgan fingerprint density at radius 2 is 2.19 bits per heavy atom. The molecule has 1 aromatic heterocycles. The number of amides is 2. The number of nitrogens with zero attached hydrogens (tertiary/aromatic N) is 1. The largest absolute Gasteiger partial charge is 0.352 e. The zero-order valence-electron chi connectivity index (χ0n) is 12.4. The van der Waals surface area contributed by atoms with Gasteiger partial charge < -0.3 is 15.2 Å². The molecule has 1 aliphatic heterocycles. The van der Waals surface area contributed by atoms with Gasteiger partial charge in [0.25, 0.3) is 11.5 Å². The van der Waals surface area contributed by atoms with Crippen LogP contribution in [0.15, 0.2) is 16.9 Å². The summed E-state index contributed by atoms with van der Waals surface area (Å²) >= 11 is 0. The number of likely N-dealkylation sites (tertiary alicyclic amines) is 1. The van der Waals surface area contributed by atoms with E-state index in [4.69, 9.17) is 0 Å². The fourth-order valence-electron chi connectivity index (χ4n) is 2.45. The van der Waals surface area contributed by atoms with Gasteiger partial charge in [-0.3, -0.25) is 14.4 Å². The fourth-order valence-corrected chi connectivity index (χ4v) is 2.45. The van der Waals surface area contributed by atoms with Crippen molar-refractivity contribution in [2.45, 2.75) is 26.7 Å². The number of aromatic amines is 1. The van der Waals surface area contributed by atoms with Crippen molar-refractivity contribution in [3.63, 3.8) is 0 Å². The highest BCUT2D eigenvalue weighted by atomic mass is 16.2. The van der Waals surface area contributed by atoms with Crippen molar-refractivity contribution in [2.75, 3.05) is 19.6 Å². The molecule has 21 heavy (non-hydrogen) atoms. The van der Waals surface area contributed by atoms with Gasteiger partial charge in [-0.05, 0) is 31.4 Å². The van der Waals surface area contributed by atoms with Crippen LogP contribution >= 0.6 is 0 Å². The standard InChI is InChI=1S/C15H21N3O3/c1-10(9-18-7-3-4-13(18)19)8-16-14(20)12-6-5-11(2)17-15(12)21/h5-6,10H,3-4,7-9H2,1-2H3,(H,16,20)(H,17,21). The van der Waals surface area contributed by atoms with Crippen molar-refractivity contribution in [1.82, 2.24) is 15.2 Å². The summed E-state index contributed by atoms with van der Waals surface area (Å²) < 4.78 is 0. The molecule has 1 fully saturated rings. The highest BCUT2D eigenvalue weighted by molar-refractivity contribution is 5.93. The van der Waals surface area contributed by atoms with Crippen molar-refractivity contribution >= 4 is 11.8 Å². The van der Waals surface area contributed by atoms with E-state index < -0.39 is 0 Å². The van der Waals surface area contributed by atoms with Crippen LogP contribution in [-0.4, -0.2) is 41.3 Å². The molecule has 1 saturated heterocycles. The van der Waals surface area contributed by atoms with E-state index in [0.717, 1.165) is 18.7 Å². The van der Waals surface area contributed by atoms with E-state index in [1.54, 1.807) is 13.0 Å². The zero-order valence-corrected chi connectivity index (χ0v) is 12.4. The first-order valence-corrected chi connectivity index (χ1v) is 7.23. The number of rotatable bonds is 5. The molecule has 0 aromatic carbocycles. The monoisotopic (exact) mass is 291 g/mol. The highest BCUT2D eigenvalue weighted by Gasteiger charge is 2.22. The molecule has 1 unspecified atom stereocenters. The number of pyridine rings is 1. The molecular formula is C15H21N3O3. The minimum absolute atomic E-state index is 0.116. The maximum Gasteiger partial charge on any atom is 0.260 e. The number of aromatic nitrogens is 1. The molecule has 0 radical (unpaired) electrons. The van der Waals surface area contributed by atoms with Gasteiger partial charge in [-0.15, -0.1) is 0 Å². The molecule has 2 rings (SSSR count). The fraction of sp³-hybridized carbons (Fsp3) is 0.533. The molecule has 2 amide bonds. The molecule has 0 saturated carbocycles. The third-order valence-corrected chi connectivity index (χ3v) is 3.61. The van der Waals surface area contributed by atoms with Gasteiger partial charge in [0, 0.05) is 31.7 Å². The van der Waals surface area contributed by atoms with Crippen LogP contribution in [0, 0.1) is 12.8 Å². The molecule has 6 nitrogen and oxygen atoms in total. The first-order valence-electron chi connectivity index (χ1n) is 7.23. The Morgan fingerprint density at radius 3 is 2.81 bits per heavy atom. The van der Waals surface area contributed by atoms with Crippen LogP contribution in [0.2, 0.25) is 0 Å². The summed E-state index contributed by atoms with van der Waals surface area (Å²) in [5.74, 6) is -0.0421. The molecule has 6 heteroatoms. The van der Waals surface area contributed by atoms with Crippen molar-refractivity contribution in [1.29, 1.82) is 0 Å². The highest BCUT2D eigenvalue weighted by Crippen LogP contribution is 2.11. The van der Waals surface area contributed by atoms with Gasteiger partial charge in [0.15, 0.2) is 0 Å². The lowest BCUT2D eigenvalue weighted by molar-refractivity contribution is -0.128. The Labute approximate surface area is 123 Å². The molecular weight excluding hydrogens is 270 g/mol. The molecule has 2 N–H and O–H groups in total. The topological polar surface area (TPSA) is 82.3 Å². The second-order valence-corrected chi connectivity index (χ2v) is 5.64. The second-order valence-electron chi connectivity index (χ2n) is 5.64. The lowest BCUT2D eigenvalue weighted by atomic mass is 10.1. The Morgan fingerprint density at radius 1 is 1.43 bits per heavy atom. The summed E-state index contributed by atoms with van der Waals surface area (Å²) in [6.07, 6.45) is 1.54. The molecule has 114 valence electrons. The summed E-state index contributed by atoms with van der Waals surface area (Å²) in [5, 5.41) is 2.75. The quantitative estimate of drug-likeness (QED) is 0.836. The first kappa shape index (κ1) is 15.3. The Bertz CT molecular complexity index is 594. The van der Waals surface area contributed by atoms with E-state index in [2.05, 4.69) is 10.3 Å². The summed E-state index contributed by atoms with van der Waals surface area (Å²) in [6, 6.07) is 3.22. The average molecular weight is 291 g/mol. The number of nitrogens with one attached hydrogen (secondary N) is 2. The number of carbonyl (C=O) groups excluding carboxylic acids is 2. The van der Waals surface area contributed by atoms with Crippen LogP contribution in [-0.2, 0) is 4.79 Å². The van der Waals surface area contributed by atoms with Gasteiger partial charge in [0.05, 0.1) is 0 Å². The number of hydrogen-bond donors (Lipinski definition) is 2.